The molecule has 16 heavy (non-hydrogen) atoms. The third-order valence-electron chi connectivity index (χ3n) is 4.70. The van der Waals surface area contributed by atoms with Crippen molar-refractivity contribution in [1.29, 1.82) is 0 Å². The topological polar surface area (TPSA) is 20.2 Å². The minimum absolute atomic E-state index is 0.259. The lowest BCUT2D eigenvalue weighted by atomic mass is 9.62. The van der Waals surface area contributed by atoms with E-state index >= 15 is 0 Å². The van der Waals surface area contributed by atoms with Gasteiger partial charge >= 0.3 is 0 Å². The summed E-state index contributed by atoms with van der Waals surface area (Å²) < 4.78 is 0. The molecule has 0 amide bonds. The van der Waals surface area contributed by atoms with Crippen molar-refractivity contribution in [3.05, 3.63) is 11.6 Å². The Labute approximate surface area is 99.9 Å². The van der Waals surface area contributed by atoms with Crippen LogP contribution < -0.4 is 0 Å². The van der Waals surface area contributed by atoms with Crippen LogP contribution in [0.25, 0.3) is 0 Å². The van der Waals surface area contributed by atoms with Crippen LogP contribution in [0, 0.1) is 23.2 Å². The van der Waals surface area contributed by atoms with E-state index in [0.29, 0.717) is 17.8 Å². The van der Waals surface area contributed by atoms with Gasteiger partial charge < -0.3 is 5.11 Å². The van der Waals surface area contributed by atoms with Crippen LogP contribution in [0.4, 0.5) is 0 Å². The summed E-state index contributed by atoms with van der Waals surface area (Å²) >= 11 is 0. The van der Waals surface area contributed by atoms with Crippen molar-refractivity contribution in [3.63, 3.8) is 0 Å². The minimum atomic E-state index is -0.483. The van der Waals surface area contributed by atoms with Gasteiger partial charge in [0.25, 0.3) is 0 Å². The quantitative estimate of drug-likeness (QED) is 0.669. The van der Waals surface area contributed by atoms with E-state index in [9.17, 15) is 5.11 Å². The highest BCUT2D eigenvalue weighted by molar-refractivity contribution is 5.31. The molecule has 0 aromatic carbocycles. The first-order valence-electron chi connectivity index (χ1n) is 6.72. The lowest BCUT2D eigenvalue weighted by Gasteiger charge is -2.46. The molecule has 0 aromatic heterocycles. The maximum absolute atomic E-state index is 11.0. The van der Waals surface area contributed by atoms with Gasteiger partial charge in [-0.15, -0.1) is 0 Å². The average Bonchev–Trinajstić information content (AvgIpc) is 2.43. The molecule has 92 valence electrons. The van der Waals surface area contributed by atoms with Crippen molar-refractivity contribution in [3.8, 4) is 0 Å². The smallest absolute Gasteiger partial charge is 0.0890 e. The Kier molecular flexibility index (Phi) is 2.73. The number of allylic oxidation sites excluding steroid dienone is 1. The summed E-state index contributed by atoms with van der Waals surface area (Å²) in [6.45, 7) is 11.4. The van der Waals surface area contributed by atoms with Gasteiger partial charge in [0, 0.05) is 0 Å². The molecule has 2 rings (SSSR count). The normalized spacial score (nSPS) is 42.1. The average molecular weight is 222 g/mol. The molecule has 1 N–H and O–H groups in total. The van der Waals surface area contributed by atoms with Crippen LogP contribution in [0.2, 0.25) is 0 Å². The maximum Gasteiger partial charge on any atom is 0.0890 e. The molecule has 0 aromatic rings. The number of aliphatic hydroxyl groups is 1. The van der Waals surface area contributed by atoms with Crippen LogP contribution >= 0.6 is 0 Å². The monoisotopic (exact) mass is 222 g/mol. The standard InChI is InChI=1S/C15H26O/c1-10(2)12-8-14(4,5)9-13-11(3)6-7-15(12,13)16/h9-12,16H,6-8H2,1-5H3. The molecule has 1 fully saturated rings. The second-order valence-corrected chi connectivity index (χ2v) is 7.01. The molecule has 1 heteroatoms. The molecule has 0 bridgehead atoms. The van der Waals surface area contributed by atoms with Crippen LogP contribution in [0.1, 0.15) is 53.9 Å². The lowest BCUT2D eigenvalue weighted by molar-refractivity contribution is -0.0255. The predicted octanol–water partition coefficient (Wildman–Crippen LogP) is 3.78. The molecular weight excluding hydrogens is 196 g/mol. The molecule has 3 unspecified atom stereocenters. The van der Waals surface area contributed by atoms with Gasteiger partial charge in [-0.1, -0.05) is 40.7 Å². The molecule has 0 aliphatic heterocycles. The largest absolute Gasteiger partial charge is 0.385 e. The second-order valence-electron chi connectivity index (χ2n) is 7.01. The molecule has 2 aliphatic carbocycles. The second kappa shape index (κ2) is 3.60. The molecule has 3 atom stereocenters. The van der Waals surface area contributed by atoms with E-state index in [4.69, 9.17) is 0 Å². The summed E-state index contributed by atoms with van der Waals surface area (Å²) in [5.41, 5.74) is 1.11. The highest BCUT2D eigenvalue weighted by Gasteiger charge is 2.51. The molecular formula is C15H26O. The summed E-state index contributed by atoms with van der Waals surface area (Å²) in [6.07, 6.45) is 5.61. The Bertz CT molecular complexity index is 313. The van der Waals surface area contributed by atoms with Gasteiger partial charge in [-0.2, -0.15) is 0 Å². The fourth-order valence-corrected chi connectivity index (χ4v) is 3.83. The molecule has 0 spiro atoms. The maximum atomic E-state index is 11.0. The Morgan fingerprint density at radius 1 is 1.38 bits per heavy atom. The minimum Gasteiger partial charge on any atom is -0.385 e. The first-order chi connectivity index (χ1) is 7.26. The first kappa shape index (κ1) is 12.2. The fraction of sp³-hybridized carbons (Fsp3) is 0.867. The van der Waals surface area contributed by atoms with Crippen LogP contribution in [0.3, 0.4) is 0 Å². The fourth-order valence-electron chi connectivity index (χ4n) is 3.83. The van der Waals surface area contributed by atoms with E-state index in [2.05, 4.69) is 40.7 Å². The molecule has 0 heterocycles. The molecule has 1 nitrogen and oxygen atoms in total. The Morgan fingerprint density at radius 3 is 2.56 bits per heavy atom. The van der Waals surface area contributed by atoms with Crippen molar-refractivity contribution >= 4 is 0 Å². The highest BCUT2D eigenvalue weighted by Crippen LogP contribution is 2.54. The van der Waals surface area contributed by atoms with Gasteiger partial charge in [0.05, 0.1) is 5.60 Å². The van der Waals surface area contributed by atoms with E-state index in [-0.39, 0.29) is 5.41 Å². The van der Waals surface area contributed by atoms with Gasteiger partial charge in [-0.25, -0.2) is 0 Å². The van der Waals surface area contributed by atoms with Gasteiger partial charge in [-0.05, 0) is 48.0 Å². The van der Waals surface area contributed by atoms with Gasteiger partial charge in [0.2, 0.25) is 0 Å². The number of fused-ring (bicyclic) bond motifs is 1. The van der Waals surface area contributed by atoms with Crippen molar-refractivity contribution in [2.75, 3.05) is 0 Å². The van der Waals surface area contributed by atoms with E-state index in [0.717, 1.165) is 19.3 Å². The van der Waals surface area contributed by atoms with Crippen LogP contribution in [0.15, 0.2) is 11.6 Å². The van der Waals surface area contributed by atoms with Crippen molar-refractivity contribution in [1.82, 2.24) is 0 Å². The Balaban J connectivity index is 2.44. The molecule has 0 saturated heterocycles. The zero-order valence-corrected chi connectivity index (χ0v) is 11.4. The van der Waals surface area contributed by atoms with Gasteiger partial charge in [0.1, 0.15) is 0 Å². The first-order valence-corrected chi connectivity index (χ1v) is 6.72. The summed E-state index contributed by atoms with van der Waals surface area (Å²) in [6, 6.07) is 0. The zero-order chi connectivity index (χ0) is 12.1. The van der Waals surface area contributed by atoms with Gasteiger partial charge in [-0.3, -0.25) is 0 Å². The predicted molar refractivity (Wildman–Crippen MR) is 68.2 cm³/mol. The lowest BCUT2D eigenvalue weighted by Crippen LogP contribution is -2.45. The molecule has 2 aliphatic rings. The van der Waals surface area contributed by atoms with E-state index < -0.39 is 5.60 Å². The number of hydrogen-bond acceptors (Lipinski definition) is 1. The van der Waals surface area contributed by atoms with E-state index in [1.807, 2.05) is 0 Å². The Hall–Kier alpha value is -0.300. The number of rotatable bonds is 1. The summed E-state index contributed by atoms with van der Waals surface area (Å²) in [4.78, 5) is 0. The SMILES string of the molecule is CC1CCC2(O)C1=CC(C)(C)CC2C(C)C. The van der Waals surface area contributed by atoms with Crippen LogP contribution in [-0.2, 0) is 0 Å². The van der Waals surface area contributed by atoms with Crippen molar-refractivity contribution < 1.29 is 5.11 Å². The molecule has 1 saturated carbocycles. The Morgan fingerprint density at radius 2 is 2.00 bits per heavy atom. The van der Waals surface area contributed by atoms with Crippen molar-refractivity contribution in [2.24, 2.45) is 23.2 Å². The number of hydrogen-bond donors (Lipinski definition) is 1. The van der Waals surface area contributed by atoms with E-state index in [1.165, 1.54) is 5.57 Å². The summed E-state index contributed by atoms with van der Waals surface area (Å²) in [5, 5.41) is 11.0. The van der Waals surface area contributed by atoms with Crippen molar-refractivity contribution in [2.45, 2.75) is 59.5 Å². The van der Waals surface area contributed by atoms with Crippen LogP contribution in [0.5, 0.6) is 0 Å². The van der Waals surface area contributed by atoms with Gasteiger partial charge in [0.15, 0.2) is 0 Å². The highest BCUT2D eigenvalue weighted by atomic mass is 16.3. The third-order valence-corrected chi connectivity index (χ3v) is 4.70. The molecule has 0 radical (unpaired) electrons. The summed E-state index contributed by atoms with van der Waals surface area (Å²) in [5.74, 6) is 1.58. The zero-order valence-electron chi connectivity index (χ0n) is 11.4. The van der Waals surface area contributed by atoms with E-state index in [1.54, 1.807) is 0 Å². The van der Waals surface area contributed by atoms with Crippen LogP contribution in [-0.4, -0.2) is 10.7 Å². The summed E-state index contributed by atoms with van der Waals surface area (Å²) in [7, 11) is 0. The third kappa shape index (κ3) is 1.73.